The van der Waals surface area contributed by atoms with Gasteiger partial charge >= 0.3 is 6.01 Å². The Kier molecular flexibility index (Phi) is 8.18. The van der Waals surface area contributed by atoms with Crippen molar-refractivity contribution < 1.29 is 18.3 Å². The third kappa shape index (κ3) is 5.23. The minimum absolute atomic E-state index is 0.0372. The van der Waals surface area contributed by atoms with Crippen molar-refractivity contribution in [3.8, 4) is 6.01 Å². The van der Waals surface area contributed by atoms with Crippen molar-refractivity contribution in [2.24, 2.45) is 0 Å². The van der Waals surface area contributed by atoms with Gasteiger partial charge < -0.3 is 19.4 Å². The molecule has 1 aromatic carbocycles. The van der Waals surface area contributed by atoms with Crippen LogP contribution >= 0.6 is 11.6 Å². The lowest BCUT2D eigenvalue weighted by molar-refractivity contribution is -0.131. The molecule has 0 radical (unpaired) electrons. The Balaban J connectivity index is 1.26. The molecule has 5 heterocycles. The van der Waals surface area contributed by atoms with Crippen LogP contribution in [0.5, 0.6) is 6.01 Å². The fourth-order valence-corrected chi connectivity index (χ4v) is 9.10. The van der Waals surface area contributed by atoms with Gasteiger partial charge in [0.15, 0.2) is 5.83 Å². The Morgan fingerprint density at radius 2 is 2.04 bits per heavy atom. The normalized spacial score (nSPS) is 29.3. The Bertz CT molecular complexity index is 1600. The largest absolute Gasteiger partial charge is 0.461 e. The molecule has 46 heavy (non-hydrogen) atoms. The number of hydrogen-bond donors (Lipinski definition) is 0. The maximum absolute atomic E-state index is 14.5. The fourth-order valence-electron chi connectivity index (χ4n) is 8.83. The first-order valence-electron chi connectivity index (χ1n) is 16.3. The number of alkyl halides is 1. The first-order chi connectivity index (χ1) is 22.1. The van der Waals surface area contributed by atoms with Gasteiger partial charge in [-0.1, -0.05) is 30.3 Å². The molecule has 5 aliphatic rings. The molecular weight excluding hydrogens is 612 g/mol. The molecule has 4 atom stereocenters. The second-order valence-corrected chi connectivity index (χ2v) is 14.1. The zero-order valence-corrected chi connectivity index (χ0v) is 27.0. The standard InChI is InChI=1S/C34H40ClF2N7O2/c1-22(36)31(45)44-14-13-42(19-24(44)17-38-2)30-26-20-41(3)34(11-5-7-25-27(34)8-4-9-28(25)35)16-29(26)39-32(40-30)46-21-33-10-6-12-43(33)18-23(37)15-33/h4,8-9,23-24H,1,5-7,10-21H2,3H3/t23-,24+,33+,34-/m1/s1. The molecule has 4 aliphatic heterocycles. The number of likely N-dealkylation sites (N-methyl/N-ethyl adjacent to an activating group) is 1. The highest BCUT2D eigenvalue weighted by molar-refractivity contribution is 6.31. The Morgan fingerprint density at radius 3 is 2.85 bits per heavy atom. The van der Waals surface area contributed by atoms with E-state index in [2.05, 4.69) is 39.2 Å². The van der Waals surface area contributed by atoms with Crippen LogP contribution in [-0.2, 0) is 29.7 Å². The summed E-state index contributed by atoms with van der Waals surface area (Å²) in [5.41, 5.74) is 3.67. The molecular formula is C34H40ClF2N7O2. The zero-order chi connectivity index (χ0) is 32.2. The molecule has 1 aliphatic carbocycles. The summed E-state index contributed by atoms with van der Waals surface area (Å²) in [4.78, 5) is 34.3. The Morgan fingerprint density at radius 1 is 1.20 bits per heavy atom. The van der Waals surface area contributed by atoms with Gasteiger partial charge in [0.25, 0.3) is 5.91 Å². The number of hydrogen-bond acceptors (Lipinski definition) is 7. The minimum Gasteiger partial charge on any atom is -0.461 e. The first-order valence-corrected chi connectivity index (χ1v) is 16.7. The summed E-state index contributed by atoms with van der Waals surface area (Å²) in [5, 5.41) is 0.792. The summed E-state index contributed by atoms with van der Waals surface area (Å²) in [6.45, 7) is 13.9. The van der Waals surface area contributed by atoms with Crippen LogP contribution in [0.15, 0.2) is 30.6 Å². The van der Waals surface area contributed by atoms with Crippen molar-refractivity contribution in [2.75, 3.05) is 57.8 Å². The lowest BCUT2D eigenvalue weighted by Gasteiger charge is -2.50. The van der Waals surface area contributed by atoms with E-state index in [-0.39, 0.29) is 30.2 Å². The molecule has 2 aromatic rings. The molecule has 1 spiro atoms. The van der Waals surface area contributed by atoms with Crippen molar-refractivity contribution in [1.82, 2.24) is 24.7 Å². The van der Waals surface area contributed by atoms with Gasteiger partial charge in [-0.15, -0.1) is 0 Å². The molecule has 0 unspecified atom stereocenters. The van der Waals surface area contributed by atoms with Crippen LogP contribution in [0.1, 0.15) is 54.5 Å². The number of ether oxygens (including phenoxy) is 1. The molecule has 0 N–H and O–H groups in total. The van der Waals surface area contributed by atoms with Crippen LogP contribution in [0.2, 0.25) is 5.02 Å². The van der Waals surface area contributed by atoms with E-state index < -0.39 is 23.9 Å². The van der Waals surface area contributed by atoms with E-state index in [0.29, 0.717) is 51.4 Å². The monoisotopic (exact) mass is 651 g/mol. The Labute approximate surface area is 274 Å². The number of anilines is 1. The van der Waals surface area contributed by atoms with Crippen LogP contribution in [0, 0.1) is 6.57 Å². The highest BCUT2D eigenvalue weighted by Gasteiger charge is 2.50. The molecule has 1 amide bonds. The highest BCUT2D eigenvalue weighted by atomic mass is 35.5. The van der Waals surface area contributed by atoms with E-state index in [0.717, 1.165) is 54.9 Å². The number of rotatable bonds is 6. The molecule has 3 saturated heterocycles. The molecule has 244 valence electrons. The van der Waals surface area contributed by atoms with E-state index in [1.54, 1.807) is 0 Å². The predicted molar refractivity (Wildman–Crippen MR) is 171 cm³/mol. The van der Waals surface area contributed by atoms with Gasteiger partial charge in [0, 0.05) is 56.2 Å². The third-order valence-electron chi connectivity index (χ3n) is 11.1. The lowest BCUT2D eigenvalue weighted by Crippen LogP contribution is -2.57. The van der Waals surface area contributed by atoms with E-state index in [1.165, 1.54) is 16.0 Å². The van der Waals surface area contributed by atoms with Crippen molar-refractivity contribution in [3.63, 3.8) is 0 Å². The summed E-state index contributed by atoms with van der Waals surface area (Å²) in [6.07, 6.45) is 5.03. The SMILES string of the molecule is [C-]#[N+]C[C@H]1CN(c2nc(OC[C@@]34CCCN3C[C@H](F)C4)nc3c2CN(C)[C@]2(CCCc4c(Cl)cccc42)C3)CCN1C(=O)C(=C)F. The molecule has 7 rings (SSSR count). The summed E-state index contributed by atoms with van der Waals surface area (Å²) in [7, 11) is 2.14. The molecule has 12 heteroatoms. The summed E-state index contributed by atoms with van der Waals surface area (Å²) < 4.78 is 34.9. The van der Waals surface area contributed by atoms with E-state index in [4.69, 9.17) is 32.9 Å². The number of carbonyl (C=O) groups is 1. The van der Waals surface area contributed by atoms with E-state index in [9.17, 15) is 13.6 Å². The number of nitrogens with zero attached hydrogens (tertiary/aromatic N) is 7. The van der Waals surface area contributed by atoms with Crippen LogP contribution in [-0.4, -0.2) is 101 Å². The average Bonchev–Trinajstić information content (AvgIpc) is 3.56. The van der Waals surface area contributed by atoms with E-state index in [1.807, 2.05) is 12.1 Å². The molecule has 3 fully saturated rings. The lowest BCUT2D eigenvalue weighted by atomic mass is 9.70. The number of aromatic nitrogens is 2. The Hall–Kier alpha value is -3.33. The van der Waals surface area contributed by atoms with Crippen LogP contribution in [0.3, 0.4) is 0 Å². The molecule has 0 bridgehead atoms. The van der Waals surface area contributed by atoms with E-state index >= 15 is 0 Å². The van der Waals surface area contributed by atoms with Crippen molar-refractivity contribution in [1.29, 1.82) is 0 Å². The smallest absolute Gasteiger partial charge is 0.318 e. The van der Waals surface area contributed by atoms with Gasteiger partial charge in [0.2, 0.25) is 6.54 Å². The maximum Gasteiger partial charge on any atom is 0.318 e. The fraction of sp³-hybridized carbons (Fsp3) is 0.588. The number of fused-ring (bicyclic) bond motifs is 4. The highest BCUT2D eigenvalue weighted by Crippen LogP contribution is 2.48. The first kappa shape index (κ1) is 31.3. The number of piperazine rings is 1. The maximum atomic E-state index is 14.5. The van der Waals surface area contributed by atoms with Gasteiger partial charge in [-0.3, -0.25) is 14.6 Å². The second kappa shape index (κ2) is 12.0. The number of amides is 1. The van der Waals surface area contributed by atoms with Crippen LogP contribution in [0.25, 0.3) is 4.85 Å². The van der Waals surface area contributed by atoms with Gasteiger partial charge in [-0.05, 0) is 62.9 Å². The zero-order valence-electron chi connectivity index (χ0n) is 26.3. The summed E-state index contributed by atoms with van der Waals surface area (Å²) in [5.74, 6) is -1.09. The minimum atomic E-state index is -1.03. The number of benzene rings is 1. The number of carbonyl (C=O) groups excluding carboxylic acids is 1. The molecule has 0 saturated carbocycles. The van der Waals surface area contributed by atoms with Gasteiger partial charge in [0.05, 0.1) is 16.8 Å². The predicted octanol–water partition coefficient (Wildman–Crippen LogP) is 4.72. The third-order valence-corrected chi connectivity index (χ3v) is 11.4. The van der Waals surface area contributed by atoms with Gasteiger partial charge in [-0.25, -0.2) is 15.4 Å². The van der Waals surface area contributed by atoms with Crippen molar-refractivity contribution >= 4 is 23.3 Å². The second-order valence-electron chi connectivity index (χ2n) is 13.6. The topological polar surface area (TPSA) is 69.4 Å². The van der Waals surface area contributed by atoms with Crippen LogP contribution in [0.4, 0.5) is 14.6 Å². The summed E-state index contributed by atoms with van der Waals surface area (Å²) >= 11 is 6.72. The number of halogens is 3. The van der Waals surface area contributed by atoms with Crippen molar-refractivity contribution in [2.45, 2.75) is 74.8 Å². The average molecular weight is 652 g/mol. The van der Waals surface area contributed by atoms with Gasteiger partial charge in [0.1, 0.15) is 24.6 Å². The van der Waals surface area contributed by atoms with Crippen LogP contribution < -0.4 is 9.64 Å². The van der Waals surface area contributed by atoms with Gasteiger partial charge in [-0.2, -0.15) is 9.97 Å². The molecule has 9 nitrogen and oxygen atoms in total. The van der Waals surface area contributed by atoms with Crippen molar-refractivity contribution in [3.05, 3.63) is 69.4 Å². The molecule has 1 aromatic heterocycles. The summed E-state index contributed by atoms with van der Waals surface area (Å²) in [6, 6.07) is 5.91. The quantitative estimate of drug-likeness (QED) is 0.331.